The highest BCUT2D eigenvalue weighted by molar-refractivity contribution is 6.26. The van der Waals surface area contributed by atoms with Crippen LogP contribution in [-0.2, 0) is 12.8 Å². The predicted octanol–water partition coefficient (Wildman–Crippen LogP) is 13.4. The average Bonchev–Trinajstić information content (AvgIpc) is 3.83. The van der Waals surface area contributed by atoms with Crippen LogP contribution in [0.5, 0.6) is 0 Å². The van der Waals surface area contributed by atoms with Gasteiger partial charge in [0.15, 0.2) is 5.82 Å². The zero-order chi connectivity index (χ0) is 38.2. The molecule has 3 heterocycles. The highest BCUT2D eigenvalue weighted by Crippen LogP contribution is 2.46. The minimum atomic E-state index is 0.696. The van der Waals surface area contributed by atoms with Crippen molar-refractivity contribution < 1.29 is 0 Å². The van der Waals surface area contributed by atoms with Gasteiger partial charge in [0.25, 0.3) is 0 Å². The molecule has 0 N–H and O–H groups in total. The van der Waals surface area contributed by atoms with Crippen molar-refractivity contribution in [2.24, 2.45) is 0 Å². The first-order chi connectivity index (χ1) is 28.8. The standard InChI is InChI=1S/C54H36N4/c1-4-14-35(15-5-1)36-28-30-42(31-29-36)57-49-25-13-20-39-26-27-40-33-45-44-23-10-11-24-48(44)58(52(45)53(57)51(40)50(39)49)43-22-12-21-41(32-43)54-55-46(37-16-6-2-7-17-37)34-47(56-54)38-18-8-3-9-19-38/h1-25,28-34H,26-27H2. The summed E-state index contributed by atoms with van der Waals surface area (Å²) in [7, 11) is 0. The molecule has 11 aromatic rings. The lowest BCUT2D eigenvalue weighted by molar-refractivity contribution is 0.971. The molecule has 1 aliphatic rings. The van der Waals surface area contributed by atoms with E-state index in [-0.39, 0.29) is 0 Å². The second kappa shape index (κ2) is 13.0. The van der Waals surface area contributed by atoms with Gasteiger partial charge in [-0.2, -0.15) is 0 Å². The second-order valence-corrected chi connectivity index (χ2v) is 15.3. The van der Waals surface area contributed by atoms with E-state index in [2.05, 4.69) is 191 Å². The Kier molecular flexibility index (Phi) is 7.32. The van der Waals surface area contributed by atoms with E-state index in [9.17, 15) is 0 Å². The Balaban J connectivity index is 1.13. The maximum atomic E-state index is 5.21. The number of hydrogen-bond acceptors (Lipinski definition) is 2. The van der Waals surface area contributed by atoms with Gasteiger partial charge >= 0.3 is 0 Å². The van der Waals surface area contributed by atoms with E-state index in [0.717, 1.165) is 52.3 Å². The zero-order valence-electron chi connectivity index (χ0n) is 31.7. The van der Waals surface area contributed by atoms with Gasteiger partial charge in [-0.25, -0.2) is 9.97 Å². The van der Waals surface area contributed by atoms with Crippen LogP contribution in [0.2, 0.25) is 0 Å². The first-order valence-electron chi connectivity index (χ1n) is 20.0. The molecule has 3 aromatic heterocycles. The Morgan fingerprint density at radius 1 is 0.345 bits per heavy atom. The summed E-state index contributed by atoms with van der Waals surface area (Å²) in [5.41, 5.74) is 17.2. The molecule has 0 unspecified atom stereocenters. The van der Waals surface area contributed by atoms with E-state index in [1.54, 1.807) is 0 Å². The van der Waals surface area contributed by atoms with Crippen molar-refractivity contribution in [2.45, 2.75) is 12.8 Å². The summed E-state index contributed by atoms with van der Waals surface area (Å²) in [6.07, 6.45) is 2.05. The van der Waals surface area contributed by atoms with Crippen LogP contribution in [0.1, 0.15) is 11.1 Å². The van der Waals surface area contributed by atoms with Crippen LogP contribution in [0.4, 0.5) is 0 Å². The third kappa shape index (κ3) is 5.08. The van der Waals surface area contributed by atoms with Gasteiger partial charge in [-0.05, 0) is 83.6 Å². The van der Waals surface area contributed by atoms with E-state index in [0.29, 0.717) is 5.82 Å². The second-order valence-electron chi connectivity index (χ2n) is 15.3. The summed E-state index contributed by atoms with van der Waals surface area (Å²) in [5, 5.41) is 5.25. The van der Waals surface area contributed by atoms with Gasteiger partial charge in [0.1, 0.15) is 0 Å². The van der Waals surface area contributed by atoms with Gasteiger partial charge in [0, 0.05) is 49.6 Å². The first kappa shape index (κ1) is 32.7. The third-order valence-corrected chi connectivity index (χ3v) is 12.0. The van der Waals surface area contributed by atoms with Crippen LogP contribution >= 0.6 is 0 Å². The fourth-order valence-corrected chi connectivity index (χ4v) is 9.36. The highest BCUT2D eigenvalue weighted by atomic mass is 15.0. The van der Waals surface area contributed by atoms with Crippen LogP contribution in [0.3, 0.4) is 0 Å². The molecule has 0 amide bonds. The van der Waals surface area contributed by atoms with Crippen LogP contribution in [0.15, 0.2) is 194 Å². The lowest BCUT2D eigenvalue weighted by atomic mass is 9.90. The Bertz CT molecular complexity index is 3300. The number of benzene rings is 8. The number of aromatic nitrogens is 4. The minimum absolute atomic E-state index is 0.696. The molecule has 8 aromatic carbocycles. The Hall–Kier alpha value is -7.56. The van der Waals surface area contributed by atoms with Gasteiger partial charge < -0.3 is 9.13 Å². The third-order valence-electron chi connectivity index (χ3n) is 12.0. The monoisotopic (exact) mass is 740 g/mol. The van der Waals surface area contributed by atoms with Crippen molar-refractivity contribution in [3.8, 4) is 56.4 Å². The topological polar surface area (TPSA) is 35.6 Å². The van der Waals surface area contributed by atoms with Gasteiger partial charge in [-0.15, -0.1) is 0 Å². The summed E-state index contributed by atoms with van der Waals surface area (Å²) >= 11 is 0. The number of para-hydroxylation sites is 1. The maximum absolute atomic E-state index is 5.21. The number of hydrogen-bond donors (Lipinski definition) is 0. The number of fused-ring (bicyclic) bond motifs is 4. The van der Waals surface area contributed by atoms with Crippen molar-refractivity contribution in [3.05, 3.63) is 205 Å². The lowest BCUT2D eigenvalue weighted by Gasteiger charge is -2.16. The molecule has 1 aliphatic carbocycles. The van der Waals surface area contributed by atoms with Crippen molar-refractivity contribution in [1.29, 1.82) is 0 Å². The summed E-state index contributed by atoms with van der Waals surface area (Å²) in [5.74, 6) is 0.696. The van der Waals surface area contributed by atoms with Crippen LogP contribution in [0.25, 0.3) is 100 Å². The van der Waals surface area contributed by atoms with Gasteiger partial charge in [-0.3, -0.25) is 0 Å². The van der Waals surface area contributed by atoms with E-state index >= 15 is 0 Å². The van der Waals surface area contributed by atoms with E-state index < -0.39 is 0 Å². The molecule has 4 nitrogen and oxygen atoms in total. The van der Waals surface area contributed by atoms with Gasteiger partial charge in [0.05, 0.1) is 33.5 Å². The van der Waals surface area contributed by atoms with Crippen LogP contribution in [-0.4, -0.2) is 19.1 Å². The molecular formula is C54H36N4. The average molecular weight is 741 g/mol. The van der Waals surface area contributed by atoms with E-state index in [1.165, 1.54) is 65.9 Å². The van der Waals surface area contributed by atoms with Crippen molar-refractivity contribution >= 4 is 43.6 Å². The zero-order valence-corrected chi connectivity index (χ0v) is 31.7. The largest absolute Gasteiger partial charge is 0.307 e. The van der Waals surface area contributed by atoms with Crippen molar-refractivity contribution in [1.82, 2.24) is 19.1 Å². The highest BCUT2D eigenvalue weighted by Gasteiger charge is 2.27. The molecule has 0 saturated carbocycles. The van der Waals surface area contributed by atoms with Crippen LogP contribution < -0.4 is 0 Å². The Morgan fingerprint density at radius 3 is 1.64 bits per heavy atom. The first-order valence-corrected chi connectivity index (χ1v) is 20.0. The van der Waals surface area contributed by atoms with Gasteiger partial charge in [0.2, 0.25) is 0 Å². The Morgan fingerprint density at radius 2 is 0.914 bits per heavy atom. The quantitative estimate of drug-likeness (QED) is 0.170. The lowest BCUT2D eigenvalue weighted by Crippen LogP contribution is -2.01. The molecule has 0 spiro atoms. The summed E-state index contributed by atoms with van der Waals surface area (Å²) in [4.78, 5) is 10.4. The molecule has 12 rings (SSSR count). The SMILES string of the molecule is c1ccc(-c2ccc(-n3c4cccc5c4c4c(cc6c7ccccc7n(-c7cccc(-c8nc(-c9ccccc9)cc(-c9ccccc9)n8)c7)c6c43)CC5)cc2)cc1. The normalized spacial score (nSPS) is 12.3. The molecule has 272 valence electrons. The van der Waals surface area contributed by atoms with E-state index in [1.807, 2.05) is 12.1 Å². The maximum Gasteiger partial charge on any atom is 0.160 e. The molecule has 4 heteroatoms. The van der Waals surface area contributed by atoms with Crippen molar-refractivity contribution in [2.75, 3.05) is 0 Å². The molecule has 0 aliphatic heterocycles. The Labute approximate surface area is 336 Å². The predicted molar refractivity (Wildman–Crippen MR) is 240 cm³/mol. The van der Waals surface area contributed by atoms with E-state index in [4.69, 9.17) is 9.97 Å². The number of aryl methyl sites for hydroxylation is 2. The minimum Gasteiger partial charge on any atom is -0.307 e. The molecule has 0 fully saturated rings. The van der Waals surface area contributed by atoms with Gasteiger partial charge in [-0.1, -0.05) is 146 Å². The summed E-state index contributed by atoms with van der Waals surface area (Å²) in [6.45, 7) is 0. The smallest absolute Gasteiger partial charge is 0.160 e. The molecule has 58 heavy (non-hydrogen) atoms. The number of rotatable bonds is 6. The van der Waals surface area contributed by atoms with Crippen LogP contribution in [0, 0.1) is 0 Å². The molecule has 0 radical (unpaired) electrons. The molecule has 0 saturated heterocycles. The fraction of sp³-hybridized carbons (Fsp3) is 0.0370. The van der Waals surface area contributed by atoms with Crippen molar-refractivity contribution in [3.63, 3.8) is 0 Å². The fourth-order valence-electron chi connectivity index (χ4n) is 9.36. The number of nitrogens with zero attached hydrogens (tertiary/aromatic N) is 4. The summed E-state index contributed by atoms with van der Waals surface area (Å²) in [6, 6.07) is 69.7. The summed E-state index contributed by atoms with van der Waals surface area (Å²) < 4.78 is 5.01. The molecule has 0 atom stereocenters. The molecule has 0 bridgehead atoms. The molecular weight excluding hydrogens is 705 g/mol.